The molecule has 0 aliphatic carbocycles. The summed E-state index contributed by atoms with van der Waals surface area (Å²) in [5, 5.41) is 11.0. The van der Waals surface area contributed by atoms with Crippen molar-refractivity contribution < 1.29 is 23.1 Å². The molecular weight excluding hydrogens is 282 g/mol. The van der Waals surface area contributed by atoms with Crippen LogP contribution in [0.3, 0.4) is 0 Å². The van der Waals surface area contributed by atoms with Crippen molar-refractivity contribution in [2.24, 2.45) is 0 Å². The zero-order chi connectivity index (χ0) is 13.9. The average molecular weight is 292 g/mol. The molecule has 1 rings (SSSR count). The monoisotopic (exact) mass is 291 g/mol. The first-order valence-corrected chi connectivity index (χ1v) is 7.13. The van der Waals surface area contributed by atoms with Gasteiger partial charge in [-0.3, -0.25) is 4.79 Å². The summed E-state index contributed by atoms with van der Waals surface area (Å²) in [4.78, 5) is 22.0. The minimum Gasteiger partial charge on any atom is -0.478 e. The molecule has 18 heavy (non-hydrogen) atoms. The third-order valence-corrected chi connectivity index (χ3v) is 2.98. The van der Waals surface area contributed by atoms with Gasteiger partial charge < -0.3 is 10.4 Å². The smallest absolute Gasteiger partial charge is 0.337 e. The molecule has 1 amide bonds. The van der Waals surface area contributed by atoms with Gasteiger partial charge >= 0.3 is 5.97 Å². The number of carbonyl (C=O) groups excluding carboxylic acids is 1. The van der Waals surface area contributed by atoms with Crippen molar-refractivity contribution in [3.8, 4) is 0 Å². The molecule has 0 bridgehead atoms. The Kier molecular flexibility index (Phi) is 4.31. The summed E-state index contributed by atoms with van der Waals surface area (Å²) < 4.78 is 21.8. The third-order valence-electron chi connectivity index (χ3n) is 1.88. The lowest BCUT2D eigenvalue weighted by Crippen LogP contribution is -2.21. The van der Waals surface area contributed by atoms with Crippen LogP contribution in [0, 0.1) is 0 Å². The normalized spacial score (nSPS) is 11.0. The van der Waals surface area contributed by atoms with Gasteiger partial charge in [0, 0.05) is 11.9 Å². The summed E-state index contributed by atoms with van der Waals surface area (Å²) in [7, 11) is -3.41. The number of hydrogen-bond acceptors (Lipinski definition) is 4. The lowest BCUT2D eigenvalue weighted by molar-refractivity contribution is -0.113. The van der Waals surface area contributed by atoms with E-state index >= 15 is 0 Å². The van der Waals surface area contributed by atoms with Crippen LogP contribution in [0.1, 0.15) is 10.4 Å². The van der Waals surface area contributed by atoms with Crippen molar-refractivity contribution in [1.29, 1.82) is 0 Å². The fourth-order valence-electron chi connectivity index (χ4n) is 1.20. The number of amides is 1. The molecule has 0 atom stereocenters. The van der Waals surface area contributed by atoms with Gasteiger partial charge in [0.25, 0.3) is 0 Å². The van der Waals surface area contributed by atoms with Crippen LogP contribution in [0.15, 0.2) is 18.2 Å². The number of carbonyl (C=O) groups is 2. The van der Waals surface area contributed by atoms with Gasteiger partial charge in [-0.2, -0.15) is 0 Å². The van der Waals surface area contributed by atoms with Gasteiger partial charge in [0.1, 0.15) is 5.75 Å². The summed E-state index contributed by atoms with van der Waals surface area (Å²) in [5.74, 6) is -2.55. The number of nitrogens with one attached hydrogen (secondary N) is 1. The molecule has 0 spiro atoms. The number of rotatable bonds is 4. The van der Waals surface area contributed by atoms with E-state index in [0.717, 1.165) is 6.26 Å². The summed E-state index contributed by atoms with van der Waals surface area (Å²) >= 11 is 5.69. The maximum Gasteiger partial charge on any atom is 0.337 e. The van der Waals surface area contributed by atoms with Gasteiger partial charge in [0.05, 0.1) is 10.6 Å². The van der Waals surface area contributed by atoms with E-state index in [1.807, 2.05) is 0 Å². The molecule has 1 aromatic carbocycles. The second kappa shape index (κ2) is 5.36. The van der Waals surface area contributed by atoms with Crippen LogP contribution >= 0.6 is 11.6 Å². The Hall–Kier alpha value is -1.60. The highest BCUT2D eigenvalue weighted by molar-refractivity contribution is 7.91. The van der Waals surface area contributed by atoms with Crippen molar-refractivity contribution in [2.45, 2.75) is 0 Å². The number of hydrogen-bond donors (Lipinski definition) is 2. The van der Waals surface area contributed by atoms with Gasteiger partial charge in [0.2, 0.25) is 5.91 Å². The maximum absolute atomic E-state index is 11.3. The molecule has 98 valence electrons. The SMILES string of the molecule is CS(=O)(=O)CC(=O)Nc1ccc(C(=O)O)c(Cl)c1. The molecular formula is C10H10ClNO5S. The standard InChI is InChI=1S/C10H10ClNO5S/c1-18(16,17)5-9(13)12-6-2-3-7(10(14)15)8(11)4-6/h2-4H,5H2,1H3,(H,12,13)(H,14,15). The zero-order valence-electron chi connectivity index (χ0n) is 9.31. The summed E-state index contributed by atoms with van der Waals surface area (Å²) in [6, 6.07) is 3.79. The van der Waals surface area contributed by atoms with Crippen LogP contribution in [0.25, 0.3) is 0 Å². The van der Waals surface area contributed by atoms with Crippen LogP contribution in [0.2, 0.25) is 5.02 Å². The molecule has 0 unspecified atom stereocenters. The first-order chi connectivity index (χ1) is 8.19. The fraction of sp³-hybridized carbons (Fsp3) is 0.200. The van der Waals surface area contributed by atoms with E-state index in [-0.39, 0.29) is 16.3 Å². The van der Waals surface area contributed by atoms with Crippen LogP contribution in [-0.4, -0.2) is 37.4 Å². The molecule has 0 aromatic heterocycles. The molecule has 0 radical (unpaired) electrons. The molecule has 0 saturated heterocycles. The Balaban J connectivity index is 2.84. The molecule has 8 heteroatoms. The molecule has 1 aromatic rings. The van der Waals surface area contributed by atoms with E-state index in [2.05, 4.69) is 5.32 Å². The van der Waals surface area contributed by atoms with E-state index in [9.17, 15) is 18.0 Å². The predicted molar refractivity (Wildman–Crippen MR) is 66.8 cm³/mol. The maximum atomic E-state index is 11.3. The number of carboxylic acids is 1. The van der Waals surface area contributed by atoms with E-state index in [1.165, 1.54) is 18.2 Å². The highest BCUT2D eigenvalue weighted by Crippen LogP contribution is 2.20. The lowest BCUT2D eigenvalue weighted by atomic mass is 10.2. The van der Waals surface area contributed by atoms with Crippen LogP contribution in [0.5, 0.6) is 0 Å². The van der Waals surface area contributed by atoms with E-state index in [1.54, 1.807) is 0 Å². The Labute approximate surface area is 108 Å². The lowest BCUT2D eigenvalue weighted by Gasteiger charge is -2.06. The summed E-state index contributed by atoms with van der Waals surface area (Å²) in [6.07, 6.45) is 0.938. The summed E-state index contributed by atoms with van der Waals surface area (Å²) in [6.45, 7) is 0. The molecule has 0 fully saturated rings. The number of anilines is 1. The van der Waals surface area contributed by atoms with Gasteiger partial charge in [-0.25, -0.2) is 13.2 Å². The first kappa shape index (κ1) is 14.5. The van der Waals surface area contributed by atoms with Gasteiger partial charge in [-0.05, 0) is 18.2 Å². The van der Waals surface area contributed by atoms with Crippen LogP contribution in [0.4, 0.5) is 5.69 Å². The fourth-order valence-corrected chi connectivity index (χ4v) is 2.01. The van der Waals surface area contributed by atoms with Crippen LogP contribution in [-0.2, 0) is 14.6 Å². The van der Waals surface area contributed by atoms with Crippen molar-refractivity contribution in [3.05, 3.63) is 28.8 Å². The van der Waals surface area contributed by atoms with Crippen molar-refractivity contribution in [3.63, 3.8) is 0 Å². The Bertz CT molecular complexity index is 596. The number of benzene rings is 1. The average Bonchev–Trinajstić information content (AvgIpc) is 2.13. The Morgan fingerprint density at radius 3 is 2.44 bits per heavy atom. The molecule has 2 N–H and O–H groups in total. The zero-order valence-corrected chi connectivity index (χ0v) is 10.9. The van der Waals surface area contributed by atoms with Gasteiger partial charge in [0.15, 0.2) is 9.84 Å². The molecule has 0 heterocycles. The second-order valence-electron chi connectivity index (χ2n) is 3.62. The predicted octanol–water partition coefficient (Wildman–Crippen LogP) is 1.02. The Morgan fingerprint density at radius 2 is 2.00 bits per heavy atom. The quantitative estimate of drug-likeness (QED) is 0.862. The first-order valence-electron chi connectivity index (χ1n) is 4.69. The van der Waals surface area contributed by atoms with E-state index < -0.39 is 27.5 Å². The van der Waals surface area contributed by atoms with Crippen molar-refractivity contribution in [1.82, 2.24) is 0 Å². The largest absolute Gasteiger partial charge is 0.478 e. The number of carboxylic acid groups (broad SMARTS) is 1. The molecule has 0 aliphatic rings. The van der Waals surface area contributed by atoms with Crippen molar-refractivity contribution >= 4 is 39.0 Å². The second-order valence-corrected chi connectivity index (χ2v) is 6.17. The highest BCUT2D eigenvalue weighted by Gasteiger charge is 2.13. The molecule has 0 saturated carbocycles. The van der Waals surface area contributed by atoms with Crippen molar-refractivity contribution in [2.75, 3.05) is 17.3 Å². The van der Waals surface area contributed by atoms with E-state index in [4.69, 9.17) is 16.7 Å². The molecule has 0 aliphatic heterocycles. The minimum absolute atomic E-state index is 0.0420. The summed E-state index contributed by atoms with van der Waals surface area (Å²) in [5.41, 5.74) is 0.136. The Morgan fingerprint density at radius 1 is 1.39 bits per heavy atom. The van der Waals surface area contributed by atoms with Crippen LogP contribution < -0.4 is 5.32 Å². The number of sulfone groups is 1. The molecule has 6 nitrogen and oxygen atoms in total. The highest BCUT2D eigenvalue weighted by atomic mass is 35.5. The minimum atomic E-state index is -3.41. The van der Waals surface area contributed by atoms with Gasteiger partial charge in [-0.1, -0.05) is 11.6 Å². The third kappa shape index (κ3) is 4.34. The topological polar surface area (TPSA) is 101 Å². The van der Waals surface area contributed by atoms with E-state index in [0.29, 0.717) is 0 Å². The number of aromatic carboxylic acids is 1. The van der Waals surface area contributed by atoms with Gasteiger partial charge in [-0.15, -0.1) is 0 Å². The number of halogens is 1.